The van der Waals surface area contributed by atoms with Gasteiger partial charge in [-0.15, -0.1) is 0 Å². The number of amides is 1. The van der Waals surface area contributed by atoms with Crippen LogP contribution in [0.25, 0.3) is 0 Å². The molecule has 1 spiro atoms. The maximum Gasteiger partial charge on any atom is 0.407 e. The van der Waals surface area contributed by atoms with Crippen molar-refractivity contribution in [1.29, 1.82) is 0 Å². The molecule has 0 saturated carbocycles. The lowest BCUT2D eigenvalue weighted by Gasteiger charge is -2.56. The Morgan fingerprint density at radius 3 is 2.57 bits per heavy atom. The fourth-order valence-electron chi connectivity index (χ4n) is 3.74. The first-order chi connectivity index (χ1) is 10.6. The zero-order valence-corrected chi connectivity index (χ0v) is 15.2. The van der Waals surface area contributed by atoms with Gasteiger partial charge in [0.15, 0.2) is 0 Å². The molecule has 1 amide bonds. The molecule has 2 rings (SSSR count). The number of nitrogens with one attached hydrogen (secondary N) is 1. The van der Waals surface area contributed by atoms with Crippen LogP contribution in [0.3, 0.4) is 0 Å². The van der Waals surface area contributed by atoms with Crippen molar-refractivity contribution >= 4 is 6.09 Å². The van der Waals surface area contributed by atoms with E-state index in [1.54, 1.807) is 0 Å². The molecule has 2 heterocycles. The van der Waals surface area contributed by atoms with Gasteiger partial charge in [-0.25, -0.2) is 4.79 Å². The first-order valence-corrected chi connectivity index (χ1v) is 8.65. The molecule has 2 fully saturated rings. The van der Waals surface area contributed by atoms with Crippen molar-refractivity contribution in [2.45, 2.75) is 46.3 Å². The molecular weight excluding hydrogens is 294 g/mol. The molecule has 2 saturated heterocycles. The van der Waals surface area contributed by atoms with Gasteiger partial charge in [-0.1, -0.05) is 6.92 Å². The van der Waals surface area contributed by atoms with Crippen LogP contribution in [0.2, 0.25) is 0 Å². The summed E-state index contributed by atoms with van der Waals surface area (Å²) in [7, 11) is 0. The summed E-state index contributed by atoms with van der Waals surface area (Å²) in [5.74, 6) is 0.903. The minimum atomic E-state index is -0.470. The van der Waals surface area contributed by atoms with Crippen LogP contribution in [0, 0.1) is 17.3 Å². The van der Waals surface area contributed by atoms with E-state index in [1.165, 1.54) is 0 Å². The zero-order valence-electron chi connectivity index (χ0n) is 15.2. The number of carbonyl (C=O) groups is 1. The van der Waals surface area contributed by atoms with Gasteiger partial charge < -0.3 is 25.4 Å². The lowest BCUT2D eigenvalue weighted by Crippen LogP contribution is -2.64. The Labute approximate surface area is 140 Å². The van der Waals surface area contributed by atoms with E-state index in [-0.39, 0.29) is 17.6 Å². The normalized spacial score (nSPS) is 29.0. The molecular formula is C17H33N3O3. The van der Waals surface area contributed by atoms with E-state index in [1.807, 2.05) is 27.7 Å². The second-order valence-corrected chi connectivity index (χ2v) is 8.40. The molecule has 0 aromatic carbocycles. The first kappa shape index (κ1) is 18.5. The Hall–Kier alpha value is -0.850. The highest BCUT2D eigenvalue weighted by atomic mass is 16.6. The van der Waals surface area contributed by atoms with Gasteiger partial charge in [0.25, 0.3) is 0 Å². The van der Waals surface area contributed by atoms with Crippen LogP contribution in [0.15, 0.2) is 0 Å². The SMILES string of the molecule is CC(N)CN1CC(C)C2(COC2)C(CNC(=O)OC(C)(C)C)C1. The minimum Gasteiger partial charge on any atom is -0.444 e. The quantitative estimate of drug-likeness (QED) is 0.817. The fraction of sp³-hybridized carbons (Fsp3) is 0.941. The van der Waals surface area contributed by atoms with Crippen molar-refractivity contribution in [2.24, 2.45) is 23.0 Å². The van der Waals surface area contributed by atoms with Crippen LogP contribution in [0.1, 0.15) is 34.6 Å². The highest BCUT2D eigenvalue weighted by Crippen LogP contribution is 2.46. The smallest absolute Gasteiger partial charge is 0.407 e. The van der Waals surface area contributed by atoms with Crippen LogP contribution >= 0.6 is 0 Å². The van der Waals surface area contributed by atoms with E-state index in [2.05, 4.69) is 17.1 Å². The Morgan fingerprint density at radius 1 is 1.43 bits per heavy atom. The molecule has 6 nitrogen and oxygen atoms in total. The number of hydrogen-bond donors (Lipinski definition) is 2. The number of hydrogen-bond acceptors (Lipinski definition) is 5. The molecule has 3 unspecified atom stereocenters. The van der Waals surface area contributed by atoms with Gasteiger partial charge in [0.1, 0.15) is 5.60 Å². The van der Waals surface area contributed by atoms with Gasteiger partial charge in [0.05, 0.1) is 13.2 Å². The molecule has 0 aromatic rings. The van der Waals surface area contributed by atoms with Crippen molar-refractivity contribution in [3.05, 3.63) is 0 Å². The van der Waals surface area contributed by atoms with Crippen LogP contribution in [0.5, 0.6) is 0 Å². The number of nitrogens with two attached hydrogens (primary N) is 1. The second-order valence-electron chi connectivity index (χ2n) is 8.40. The number of nitrogens with zero attached hydrogens (tertiary/aromatic N) is 1. The lowest BCUT2D eigenvalue weighted by atomic mass is 9.63. The highest BCUT2D eigenvalue weighted by molar-refractivity contribution is 5.67. The monoisotopic (exact) mass is 327 g/mol. The lowest BCUT2D eigenvalue weighted by molar-refractivity contribution is -0.198. The Kier molecular flexibility index (Phi) is 5.59. The largest absolute Gasteiger partial charge is 0.444 e. The van der Waals surface area contributed by atoms with Crippen LogP contribution in [-0.2, 0) is 9.47 Å². The van der Waals surface area contributed by atoms with Gasteiger partial charge in [0, 0.05) is 37.6 Å². The van der Waals surface area contributed by atoms with E-state index in [4.69, 9.17) is 15.2 Å². The summed E-state index contributed by atoms with van der Waals surface area (Å²) in [5.41, 5.74) is 5.68. The van der Waals surface area contributed by atoms with Gasteiger partial charge >= 0.3 is 6.09 Å². The predicted octanol–water partition coefficient (Wildman–Crippen LogP) is 1.44. The molecule has 6 heteroatoms. The number of ether oxygens (including phenoxy) is 2. The molecule has 0 aromatic heterocycles. The standard InChI is InChI=1S/C17H33N3O3/c1-12-7-20(8-13(2)18)9-14(17(12)10-22-11-17)6-19-15(21)23-16(3,4)5/h12-14H,6-11,18H2,1-5H3,(H,19,21). The topological polar surface area (TPSA) is 76.8 Å². The summed E-state index contributed by atoms with van der Waals surface area (Å²) in [6, 6.07) is 0.161. The van der Waals surface area contributed by atoms with Crippen molar-refractivity contribution in [3.8, 4) is 0 Å². The maximum atomic E-state index is 12.0. The molecule has 2 aliphatic heterocycles. The van der Waals surface area contributed by atoms with Gasteiger partial charge in [0.2, 0.25) is 0 Å². The average molecular weight is 327 g/mol. The van der Waals surface area contributed by atoms with E-state index in [0.717, 1.165) is 32.8 Å². The van der Waals surface area contributed by atoms with Gasteiger partial charge in [-0.05, 0) is 39.5 Å². The zero-order chi connectivity index (χ0) is 17.3. The third-order valence-electron chi connectivity index (χ3n) is 4.98. The Bertz CT molecular complexity index is 416. The average Bonchev–Trinajstić information content (AvgIpc) is 2.30. The van der Waals surface area contributed by atoms with Crippen molar-refractivity contribution in [3.63, 3.8) is 0 Å². The van der Waals surface area contributed by atoms with Crippen LogP contribution in [-0.4, -0.2) is 62.0 Å². The second kappa shape index (κ2) is 6.95. The van der Waals surface area contributed by atoms with E-state index < -0.39 is 5.60 Å². The summed E-state index contributed by atoms with van der Waals surface area (Å²) < 4.78 is 10.9. The maximum absolute atomic E-state index is 12.0. The van der Waals surface area contributed by atoms with E-state index in [9.17, 15) is 4.79 Å². The summed E-state index contributed by atoms with van der Waals surface area (Å²) in [6.45, 7) is 15.1. The molecule has 0 bridgehead atoms. The molecule has 23 heavy (non-hydrogen) atoms. The van der Waals surface area contributed by atoms with Crippen molar-refractivity contribution in [2.75, 3.05) is 39.4 Å². The number of alkyl carbamates (subject to hydrolysis) is 1. The first-order valence-electron chi connectivity index (χ1n) is 8.65. The summed E-state index contributed by atoms with van der Waals surface area (Å²) in [4.78, 5) is 14.4. The number of likely N-dealkylation sites (tertiary alicyclic amines) is 1. The third-order valence-corrected chi connectivity index (χ3v) is 4.98. The molecule has 2 aliphatic rings. The molecule has 134 valence electrons. The summed E-state index contributed by atoms with van der Waals surface area (Å²) >= 11 is 0. The van der Waals surface area contributed by atoms with Crippen LogP contribution in [0.4, 0.5) is 4.79 Å². The van der Waals surface area contributed by atoms with E-state index in [0.29, 0.717) is 18.4 Å². The molecule has 3 N–H and O–H groups in total. The van der Waals surface area contributed by atoms with Crippen molar-refractivity contribution < 1.29 is 14.3 Å². The Morgan fingerprint density at radius 2 is 2.09 bits per heavy atom. The van der Waals surface area contributed by atoms with Crippen molar-refractivity contribution in [1.82, 2.24) is 10.2 Å². The predicted molar refractivity (Wildman–Crippen MR) is 90.2 cm³/mol. The number of rotatable bonds is 4. The Balaban J connectivity index is 1.96. The van der Waals surface area contributed by atoms with Crippen LogP contribution < -0.4 is 11.1 Å². The van der Waals surface area contributed by atoms with E-state index >= 15 is 0 Å². The molecule has 0 aliphatic carbocycles. The fourth-order valence-corrected chi connectivity index (χ4v) is 3.74. The highest BCUT2D eigenvalue weighted by Gasteiger charge is 2.52. The number of piperidine rings is 1. The van der Waals surface area contributed by atoms with Gasteiger partial charge in [-0.3, -0.25) is 0 Å². The third kappa shape index (κ3) is 4.58. The summed E-state index contributed by atoms with van der Waals surface area (Å²) in [6.07, 6.45) is -0.343. The number of carbonyl (C=O) groups excluding carboxylic acids is 1. The molecule has 3 atom stereocenters. The summed E-state index contributed by atoms with van der Waals surface area (Å²) in [5, 5.41) is 2.95. The van der Waals surface area contributed by atoms with Gasteiger partial charge in [-0.2, -0.15) is 0 Å². The minimum absolute atomic E-state index is 0.161. The molecule has 0 radical (unpaired) electrons.